The summed E-state index contributed by atoms with van der Waals surface area (Å²) in [5.74, 6) is 0.721. The molecular weight excluding hydrogens is 176 g/mol. The van der Waals surface area contributed by atoms with Crippen molar-refractivity contribution < 1.29 is 4.74 Å². The van der Waals surface area contributed by atoms with E-state index in [1.165, 1.54) is 12.8 Å². The summed E-state index contributed by atoms with van der Waals surface area (Å²) < 4.78 is 5.79. The molecule has 2 N–H and O–H groups in total. The lowest BCUT2D eigenvalue weighted by molar-refractivity contribution is 0.0197. The molecule has 14 heavy (non-hydrogen) atoms. The summed E-state index contributed by atoms with van der Waals surface area (Å²) >= 11 is 0. The maximum Gasteiger partial charge on any atom is 0.126 e. The Bertz CT molecular complexity index is 195. The minimum Gasteiger partial charge on any atom is -0.385 e. The van der Waals surface area contributed by atoms with Crippen molar-refractivity contribution in [2.24, 2.45) is 10.7 Å². The molecule has 1 fully saturated rings. The Morgan fingerprint density at radius 3 is 2.50 bits per heavy atom. The fourth-order valence-corrected chi connectivity index (χ4v) is 2.07. The van der Waals surface area contributed by atoms with Crippen LogP contribution < -0.4 is 5.73 Å². The zero-order valence-corrected chi connectivity index (χ0v) is 9.38. The Morgan fingerprint density at radius 2 is 2.00 bits per heavy atom. The monoisotopic (exact) mass is 198 g/mol. The van der Waals surface area contributed by atoms with Gasteiger partial charge in [0, 0.05) is 13.2 Å². The second kappa shape index (κ2) is 5.35. The van der Waals surface area contributed by atoms with Gasteiger partial charge in [0.2, 0.25) is 0 Å². The lowest BCUT2D eigenvalue weighted by Crippen LogP contribution is -2.44. The second-order valence-electron chi connectivity index (χ2n) is 3.90. The third kappa shape index (κ3) is 2.47. The van der Waals surface area contributed by atoms with Crippen molar-refractivity contribution in [2.45, 2.75) is 51.6 Å². The van der Waals surface area contributed by atoms with Gasteiger partial charge in [0.25, 0.3) is 0 Å². The van der Waals surface area contributed by atoms with Crippen LogP contribution in [-0.4, -0.2) is 24.6 Å². The number of ether oxygens (including phenoxy) is 1. The molecule has 0 aromatic heterocycles. The van der Waals surface area contributed by atoms with Gasteiger partial charge in [-0.15, -0.1) is 0 Å². The molecule has 0 radical (unpaired) electrons. The van der Waals surface area contributed by atoms with Gasteiger partial charge < -0.3 is 10.5 Å². The molecule has 0 heterocycles. The van der Waals surface area contributed by atoms with Crippen molar-refractivity contribution in [3.63, 3.8) is 0 Å². The van der Waals surface area contributed by atoms with Crippen LogP contribution >= 0.6 is 0 Å². The number of nitrogens with two attached hydrogens (primary N) is 1. The molecule has 0 aliphatic heterocycles. The van der Waals surface area contributed by atoms with E-state index in [-0.39, 0.29) is 5.60 Å². The Labute approximate surface area is 86.7 Å². The summed E-state index contributed by atoms with van der Waals surface area (Å²) in [5.41, 5.74) is 5.79. The average Bonchev–Trinajstić information content (AvgIpc) is 2.64. The van der Waals surface area contributed by atoms with E-state index in [0.717, 1.165) is 38.2 Å². The topological polar surface area (TPSA) is 47.6 Å². The van der Waals surface area contributed by atoms with E-state index in [1.54, 1.807) is 0 Å². The molecule has 1 rings (SSSR count). The number of amidine groups is 1. The number of rotatable bonds is 5. The van der Waals surface area contributed by atoms with Gasteiger partial charge in [-0.25, -0.2) is 0 Å². The minimum absolute atomic E-state index is 0.218. The molecule has 0 amide bonds. The number of aliphatic imine (C=N–C) groups is 1. The van der Waals surface area contributed by atoms with Crippen molar-refractivity contribution in [1.29, 1.82) is 0 Å². The van der Waals surface area contributed by atoms with Crippen molar-refractivity contribution >= 4 is 5.84 Å². The van der Waals surface area contributed by atoms with Gasteiger partial charge in [-0.3, -0.25) is 4.99 Å². The molecule has 1 saturated carbocycles. The molecule has 0 aromatic carbocycles. The maximum atomic E-state index is 6.01. The van der Waals surface area contributed by atoms with Gasteiger partial charge in [0.15, 0.2) is 0 Å². The first kappa shape index (κ1) is 11.5. The van der Waals surface area contributed by atoms with Gasteiger partial charge >= 0.3 is 0 Å². The smallest absolute Gasteiger partial charge is 0.126 e. The highest BCUT2D eigenvalue weighted by Gasteiger charge is 2.38. The van der Waals surface area contributed by atoms with Crippen LogP contribution in [0, 0.1) is 0 Å². The SMILES string of the molecule is CCCN=C(N)C1(OCC)CCCC1. The molecule has 3 heteroatoms. The summed E-state index contributed by atoms with van der Waals surface area (Å²) in [5, 5.41) is 0. The Balaban J connectivity index is 2.66. The van der Waals surface area contributed by atoms with Crippen LogP contribution in [0.5, 0.6) is 0 Å². The zero-order chi connectivity index (χ0) is 10.4. The van der Waals surface area contributed by atoms with E-state index in [2.05, 4.69) is 11.9 Å². The van der Waals surface area contributed by atoms with E-state index < -0.39 is 0 Å². The van der Waals surface area contributed by atoms with Crippen LogP contribution in [0.4, 0.5) is 0 Å². The molecule has 0 atom stereocenters. The summed E-state index contributed by atoms with van der Waals surface area (Å²) in [4.78, 5) is 4.38. The highest BCUT2D eigenvalue weighted by molar-refractivity contribution is 5.89. The fraction of sp³-hybridized carbons (Fsp3) is 0.909. The third-order valence-corrected chi connectivity index (χ3v) is 2.80. The van der Waals surface area contributed by atoms with Crippen LogP contribution in [0.25, 0.3) is 0 Å². The highest BCUT2D eigenvalue weighted by atomic mass is 16.5. The molecule has 0 unspecified atom stereocenters. The molecule has 0 spiro atoms. The predicted octanol–water partition coefficient (Wildman–Crippen LogP) is 2.10. The summed E-state index contributed by atoms with van der Waals surface area (Å²) in [6.45, 7) is 5.68. The average molecular weight is 198 g/mol. The van der Waals surface area contributed by atoms with Gasteiger partial charge in [-0.05, 0) is 39.0 Å². The van der Waals surface area contributed by atoms with Crippen LogP contribution in [0.15, 0.2) is 4.99 Å². The largest absolute Gasteiger partial charge is 0.385 e. The molecule has 82 valence electrons. The molecule has 0 saturated heterocycles. The van der Waals surface area contributed by atoms with E-state index in [0.29, 0.717) is 0 Å². The molecule has 3 nitrogen and oxygen atoms in total. The number of nitrogens with zero attached hydrogens (tertiary/aromatic N) is 1. The predicted molar refractivity (Wildman–Crippen MR) is 59.6 cm³/mol. The first-order chi connectivity index (χ1) is 6.75. The maximum absolute atomic E-state index is 6.01. The Hall–Kier alpha value is -0.570. The highest BCUT2D eigenvalue weighted by Crippen LogP contribution is 2.33. The summed E-state index contributed by atoms with van der Waals surface area (Å²) in [6, 6.07) is 0. The lowest BCUT2D eigenvalue weighted by atomic mass is 10.0. The summed E-state index contributed by atoms with van der Waals surface area (Å²) in [7, 11) is 0. The lowest BCUT2D eigenvalue weighted by Gasteiger charge is -2.28. The molecule has 1 aliphatic carbocycles. The van der Waals surface area contributed by atoms with Crippen molar-refractivity contribution in [1.82, 2.24) is 0 Å². The zero-order valence-electron chi connectivity index (χ0n) is 9.38. The van der Waals surface area contributed by atoms with Crippen LogP contribution in [0.3, 0.4) is 0 Å². The van der Waals surface area contributed by atoms with Gasteiger partial charge in [0.1, 0.15) is 11.4 Å². The number of hydrogen-bond donors (Lipinski definition) is 1. The Kier molecular flexibility index (Phi) is 4.39. The van der Waals surface area contributed by atoms with E-state index >= 15 is 0 Å². The van der Waals surface area contributed by atoms with Gasteiger partial charge in [-0.1, -0.05) is 6.92 Å². The van der Waals surface area contributed by atoms with Crippen LogP contribution in [0.1, 0.15) is 46.0 Å². The first-order valence-corrected chi connectivity index (χ1v) is 5.69. The van der Waals surface area contributed by atoms with Crippen LogP contribution in [-0.2, 0) is 4.74 Å². The second-order valence-corrected chi connectivity index (χ2v) is 3.90. The molecule has 0 aromatic rings. The van der Waals surface area contributed by atoms with E-state index in [9.17, 15) is 0 Å². The van der Waals surface area contributed by atoms with Crippen LogP contribution in [0.2, 0.25) is 0 Å². The molecule has 0 bridgehead atoms. The molecular formula is C11H22N2O. The minimum atomic E-state index is -0.218. The quantitative estimate of drug-likeness (QED) is 0.543. The summed E-state index contributed by atoms with van der Waals surface area (Å²) in [6.07, 6.45) is 5.55. The fourth-order valence-electron chi connectivity index (χ4n) is 2.07. The van der Waals surface area contributed by atoms with E-state index in [1.807, 2.05) is 6.92 Å². The molecule has 1 aliphatic rings. The standard InChI is InChI=1S/C11H22N2O/c1-3-9-13-10(12)11(14-4-2)7-5-6-8-11/h3-9H2,1-2H3,(H2,12,13). The Morgan fingerprint density at radius 1 is 1.36 bits per heavy atom. The van der Waals surface area contributed by atoms with Crippen molar-refractivity contribution in [3.8, 4) is 0 Å². The number of hydrogen-bond acceptors (Lipinski definition) is 2. The third-order valence-electron chi connectivity index (χ3n) is 2.80. The first-order valence-electron chi connectivity index (χ1n) is 5.69. The van der Waals surface area contributed by atoms with Crippen molar-refractivity contribution in [2.75, 3.05) is 13.2 Å². The van der Waals surface area contributed by atoms with Gasteiger partial charge in [-0.2, -0.15) is 0 Å². The van der Waals surface area contributed by atoms with E-state index in [4.69, 9.17) is 10.5 Å². The normalized spacial score (nSPS) is 21.4. The van der Waals surface area contributed by atoms with Crippen molar-refractivity contribution in [3.05, 3.63) is 0 Å². The van der Waals surface area contributed by atoms with Gasteiger partial charge in [0.05, 0.1) is 0 Å².